The Hall–Kier alpha value is -2.06. The van der Waals surface area contributed by atoms with Crippen LogP contribution in [0.4, 0.5) is 0 Å². The second-order valence-corrected chi connectivity index (χ2v) is 5.28. The van der Waals surface area contributed by atoms with Gasteiger partial charge in [-0.3, -0.25) is 10.9 Å². The van der Waals surface area contributed by atoms with Crippen LogP contribution in [-0.2, 0) is 0 Å². The molecule has 0 unspecified atom stereocenters. The summed E-state index contributed by atoms with van der Waals surface area (Å²) in [6, 6.07) is 9.74. The summed E-state index contributed by atoms with van der Waals surface area (Å²) < 4.78 is 0. The molecule has 0 saturated carbocycles. The van der Waals surface area contributed by atoms with E-state index in [1.54, 1.807) is 0 Å². The Kier molecular flexibility index (Phi) is 8.78. The Balaban J connectivity index is 2.95. The van der Waals surface area contributed by atoms with Gasteiger partial charge in [0, 0.05) is 18.7 Å². The van der Waals surface area contributed by atoms with E-state index in [9.17, 15) is 0 Å². The number of nitrogens with one attached hydrogen (secondary N) is 4. The minimum absolute atomic E-state index is 0.463. The van der Waals surface area contributed by atoms with Gasteiger partial charge in [0.2, 0.25) is 0 Å². The van der Waals surface area contributed by atoms with Crippen LogP contribution in [0.25, 0.3) is 0 Å². The van der Waals surface area contributed by atoms with Gasteiger partial charge in [0.05, 0.1) is 5.71 Å². The second kappa shape index (κ2) is 10.6. The van der Waals surface area contributed by atoms with Crippen LogP contribution in [0.1, 0.15) is 26.3 Å². The largest absolute Gasteiger partial charge is 0.362 e. The van der Waals surface area contributed by atoms with E-state index < -0.39 is 0 Å². The zero-order valence-corrected chi connectivity index (χ0v) is 15.1. The van der Waals surface area contributed by atoms with Gasteiger partial charge in [0.1, 0.15) is 5.71 Å². The van der Waals surface area contributed by atoms with Gasteiger partial charge in [0.15, 0.2) is 10.2 Å². The van der Waals surface area contributed by atoms with Gasteiger partial charge in [-0.05, 0) is 45.2 Å². The van der Waals surface area contributed by atoms with Gasteiger partial charge in [0.25, 0.3) is 0 Å². The van der Waals surface area contributed by atoms with Crippen LogP contribution >= 0.6 is 24.4 Å². The summed E-state index contributed by atoms with van der Waals surface area (Å²) >= 11 is 10.2. The molecule has 0 amide bonds. The smallest absolute Gasteiger partial charge is 0.186 e. The Morgan fingerprint density at radius 1 is 0.913 bits per heavy atom. The van der Waals surface area contributed by atoms with E-state index in [2.05, 4.69) is 31.7 Å². The first kappa shape index (κ1) is 19.0. The number of hydrazone groups is 2. The maximum atomic E-state index is 5.13. The summed E-state index contributed by atoms with van der Waals surface area (Å²) in [5.74, 6) is 0. The zero-order valence-electron chi connectivity index (χ0n) is 13.5. The van der Waals surface area contributed by atoms with Crippen LogP contribution in [0, 0.1) is 0 Å². The lowest BCUT2D eigenvalue weighted by Crippen LogP contribution is -2.34. The van der Waals surface area contributed by atoms with E-state index >= 15 is 0 Å². The molecule has 124 valence electrons. The van der Waals surface area contributed by atoms with E-state index in [0.29, 0.717) is 21.6 Å². The van der Waals surface area contributed by atoms with Crippen molar-refractivity contribution in [2.75, 3.05) is 13.1 Å². The highest BCUT2D eigenvalue weighted by Gasteiger charge is 2.08. The zero-order chi connectivity index (χ0) is 17.1. The van der Waals surface area contributed by atoms with Crippen LogP contribution in [0.2, 0.25) is 0 Å². The van der Waals surface area contributed by atoms with Gasteiger partial charge in [-0.15, -0.1) is 0 Å². The van der Waals surface area contributed by atoms with E-state index in [4.69, 9.17) is 24.4 Å². The van der Waals surface area contributed by atoms with Gasteiger partial charge in [-0.1, -0.05) is 30.3 Å². The maximum Gasteiger partial charge on any atom is 0.186 e. The molecule has 1 aromatic rings. The molecule has 23 heavy (non-hydrogen) atoms. The highest BCUT2D eigenvalue weighted by molar-refractivity contribution is 7.80. The predicted molar refractivity (Wildman–Crippen MR) is 105 cm³/mol. The minimum Gasteiger partial charge on any atom is -0.362 e. The quantitative estimate of drug-likeness (QED) is 0.356. The molecule has 0 aliphatic heterocycles. The molecule has 0 fully saturated rings. The average molecular weight is 351 g/mol. The van der Waals surface area contributed by atoms with Crippen molar-refractivity contribution < 1.29 is 0 Å². The standard InChI is InChI=1S/C15H22N6S2/c1-4-16-14(22)20-18-11(3)13(12-9-7-6-8-10-12)19-21-15(23)17-5-2/h6-10H,4-5H2,1-3H3,(H2,16,20,22)(H2,17,21,23). The molecule has 0 bridgehead atoms. The Morgan fingerprint density at radius 2 is 1.43 bits per heavy atom. The van der Waals surface area contributed by atoms with Crippen molar-refractivity contribution >= 4 is 46.1 Å². The monoisotopic (exact) mass is 350 g/mol. The van der Waals surface area contributed by atoms with Gasteiger partial charge in [-0.25, -0.2) is 0 Å². The Labute approximate surface area is 147 Å². The Morgan fingerprint density at radius 3 is 1.96 bits per heavy atom. The summed E-state index contributed by atoms with van der Waals surface area (Å²) in [4.78, 5) is 0. The summed E-state index contributed by atoms with van der Waals surface area (Å²) in [6.07, 6.45) is 0. The number of hydrogen-bond acceptors (Lipinski definition) is 4. The summed E-state index contributed by atoms with van der Waals surface area (Å²) in [6.45, 7) is 7.25. The van der Waals surface area contributed by atoms with Crippen molar-refractivity contribution in [3.05, 3.63) is 35.9 Å². The lowest BCUT2D eigenvalue weighted by Gasteiger charge is -2.10. The molecular formula is C15H22N6S2. The fourth-order valence-electron chi connectivity index (χ4n) is 1.64. The molecule has 1 aromatic carbocycles. The molecule has 1 rings (SSSR count). The Bertz CT molecular complexity index is 583. The lowest BCUT2D eigenvalue weighted by molar-refractivity contribution is 0.897. The highest BCUT2D eigenvalue weighted by atomic mass is 32.1. The highest BCUT2D eigenvalue weighted by Crippen LogP contribution is 2.03. The third-order valence-corrected chi connectivity index (χ3v) is 3.13. The number of thiocarbonyl (C=S) groups is 2. The third-order valence-electron chi connectivity index (χ3n) is 2.66. The van der Waals surface area contributed by atoms with Crippen molar-refractivity contribution in [1.82, 2.24) is 21.5 Å². The molecule has 0 aliphatic carbocycles. The van der Waals surface area contributed by atoms with Crippen molar-refractivity contribution in [3.63, 3.8) is 0 Å². The molecule has 0 aromatic heterocycles. The fraction of sp³-hybridized carbons (Fsp3) is 0.333. The predicted octanol–water partition coefficient (Wildman–Crippen LogP) is 1.73. The first-order chi connectivity index (χ1) is 11.1. The maximum absolute atomic E-state index is 5.13. The van der Waals surface area contributed by atoms with Gasteiger partial charge in [-0.2, -0.15) is 10.2 Å². The molecule has 0 atom stereocenters. The molecule has 0 aliphatic rings. The first-order valence-corrected chi connectivity index (χ1v) is 8.15. The molecular weight excluding hydrogens is 328 g/mol. The fourth-order valence-corrected chi connectivity index (χ4v) is 2.02. The van der Waals surface area contributed by atoms with Gasteiger partial charge < -0.3 is 10.6 Å². The third kappa shape index (κ3) is 7.16. The molecule has 0 radical (unpaired) electrons. The molecule has 4 N–H and O–H groups in total. The minimum atomic E-state index is 0.463. The summed E-state index contributed by atoms with van der Waals surface area (Å²) in [5, 5.41) is 15.5. The van der Waals surface area contributed by atoms with Crippen LogP contribution in [0.3, 0.4) is 0 Å². The van der Waals surface area contributed by atoms with E-state index in [-0.39, 0.29) is 0 Å². The lowest BCUT2D eigenvalue weighted by atomic mass is 10.1. The van der Waals surface area contributed by atoms with E-state index in [1.165, 1.54) is 0 Å². The number of hydrogen-bond donors (Lipinski definition) is 4. The summed E-state index contributed by atoms with van der Waals surface area (Å²) in [5.41, 5.74) is 7.91. The van der Waals surface area contributed by atoms with Crippen molar-refractivity contribution in [2.45, 2.75) is 20.8 Å². The normalized spacial score (nSPS) is 11.6. The molecule has 0 saturated heterocycles. The van der Waals surface area contributed by atoms with Crippen LogP contribution in [0.15, 0.2) is 40.5 Å². The molecule has 0 spiro atoms. The first-order valence-electron chi connectivity index (χ1n) is 7.33. The SMILES string of the molecule is CCNC(=S)NN=C(C)C(=NNC(=S)NCC)c1ccccc1. The van der Waals surface area contributed by atoms with Crippen molar-refractivity contribution in [1.29, 1.82) is 0 Å². The number of benzene rings is 1. The van der Waals surface area contributed by atoms with E-state index in [1.807, 2.05) is 51.1 Å². The van der Waals surface area contributed by atoms with Crippen molar-refractivity contribution in [3.8, 4) is 0 Å². The van der Waals surface area contributed by atoms with Gasteiger partial charge >= 0.3 is 0 Å². The van der Waals surface area contributed by atoms with E-state index in [0.717, 1.165) is 18.7 Å². The number of nitrogens with zero attached hydrogens (tertiary/aromatic N) is 2. The summed E-state index contributed by atoms with van der Waals surface area (Å²) in [7, 11) is 0. The molecule has 8 heteroatoms. The number of rotatable bonds is 6. The molecule has 0 heterocycles. The van der Waals surface area contributed by atoms with Crippen LogP contribution < -0.4 is 21.5 Å². The van der Waals surface area contributed by atoms with Crippen LogP contribution in [-0.4, -0.2) is 34.7 Å². The van der Waals surface area contributed by atoms with Crippen molar-refractivity contribution in [2.24, 2.45) is 10.2 Å². The van der Waals surface area contributed by atoms with Crippen LogP contribution in [0.5, 0.6) is 0 Å². The average Bonchev–Trinajstić information content (AvgIpc) is 2.54. The second-order valence-electron chi connectivity index (χ2n) is 4.47. The topological polar surface area (TPSA) is 72.8 Å². The molecule has 6 nitrogen and oxygen atoms in total.